The third-order valence-corrected chi connectivity index (χ3v) is 2.89. The molecule has 0 bridgehead atoms. The summed E-state index contributed by atoms with van der Waals surface area (Å²) in [5.41, 5.74) is 1.86. The van der Waals surface area contributed by atoms with E-state index in [9.17, 15) is 0 Å². The maximum atomic E-state index is 5.13. The van der Waals surface area contributed by atoms with Crippen LogP contribution in [0.5, 0.6) is 5.75 Å². The van der Waals surface area contributed by atoms with E-state index in [1.165, 1.54) is 5.56 Å². The van der Waals surface area contributed by atoms with Crippen molar-refractivity contribution in [3.63, 3.8) is 0 Å². The second kappa shape index (κ2) is 3.62. The fourth-order valence-corrected chi connectivity index (χ4v) is 1.91. The van der Waals surface area contributed by atoms with Crippen molar-refractivity contribution in [3.8, 4) is 5.75 Å². The molecular weight excluding hydrogens is 174 g/mol. The van der Waals surface area contributed by atoms with Gasteiger partial charge in [-0.25, -0.2) is 0 Å². The number of benzene rings is 1. The highest BCUT2D eigenvalue weighted by Crippen LogP contribution is 2.27. The minimum Gasteiger partial charge on any atom is -0.497 e. The van der Waals surface area contributed by atoms with E-state index < -0.39 is 0 Å². The van der Waals surface area contributed by atoms with Crippen LogP contribution in [0.2, 0.25) is 0 Å². The SMILES string of the molecule is COc1ccc(CC2(C)CNC2)cc1. The summed E-state index contributed by atoms with van der Waals surface area (Å²) in [6, 6.07) is 8.38. The van der Waals surface area contributed by atoms with Crippen molar-refractivity contribution in [3.05, 3.63) is 29.8 Å². The molecule has 14 heavy (non-hydrogen) atoms. The number of rotatable bonds is 3. The smallest absolute Gasteiger partial charge is 0.118 e. The van der Waals surface area contributed by atoms with Crippen molar-refractivity contribution in [1.82, 2.24) is 5.32 Å². The standard InChI is InChI=1S/C12H17NO/c1-12(8-13-9-12)7-10-3-5-11(14-2)6-4-10/h3-6,13H,7-9H2,1-2H3. The van der Waals surface area contributed by atoms with Gasteiger partial charge in [-0.15, -0.1) is 0 Å². The van der Waals surface area contributed by atoms with Gasteiger partial charge >= 0.3 is 0 Å². The highest BCUT2D eigenvalue weighted by Gasteiger charge is 2.31. The molecule has 1 aliphatic rings. The molecule has 0 saturated carbocycles. The summed E-state index contributed by atoms with van der Waals surface area (Å²) in [5.74, 6) is 0.936. The van der Waals surface area contributed by atoms with Crippen LogP contribution >= 0.6 is 0 Å². The van der Waals surface area contributed by atoms with Crippen molar-refractivity contribution in [2.45, 2.75) is 13.3 Å². The van der Waals surface area contributed by atoms with Gasteiger partial charge in [0.25, 0.3) is 0 Å². The number of hydrogen-bond acceptors (Lipinski definition) is 2. The van der Waals surface area contributed by atoms with E-state index in [1.807, 2.05) is 12.1 Å². The van der Waals surface area contributed by atoms with Crippen LogP contribution in [0.3, 0.4) is 0 Å². The Morgan fingerprint density at radius 3 is 2.36 bits per heavy atom. The largest absolute Gasteiger partial charge is 0.497 e. The molecule has 2 rings (SSSR count). The molecule has 1 aromatic carbocycles. The molecule has 76 valence electrons. The highest BCUT2D eigenvalue weighted by molar-refractivity contribution is 5.28. The molecule has 0 radical (unpaired) electrons. The molecular formula is C12H17NO. The lowest BCUT2D eigenvalue weighted by atomic mass is 9.78. The first-order valence-corrected chi connectivity index (χ1v) is 5.06. The Hall–Kier alpha value is -1.02. The lowest BCUT2D eigenvalue weighted by Gasteiger charge is -2.39. The van der Waals surface area contributed by atoms with E-state index in [4.69, 9.17) is 4.74 Å². The summed E-state index contributed by atoms with van der Waals surface area (Å²) in [7, 11) is 1.70. The molecule has 0 spiro atoms. The Balaban J connectivity index is 2.02. The summed E-state index contributed by atoms with van der Waals surface area (Å²) in [6.45, 7) is 4.60. The van der Waals surface area contributed by atoms with Crippen LogP contribution in [0.25, 0.3) is 0 Å². The molecule has 0 unspecified atom stereocenters. The predicted octanol–water partition coefficient (Wildman–Crippen LogP) is 1.85. The lowest BCUT2D eigenvalue weighted by molar-refractivity contribution is 0.195. The van der Waals surface area contributed by atoms with E-state index >= 15 is 0 Å². The molecule has 1 aliphatic heterocycles. The van der Waals surface area contributed by atoms with Gasteiger partial charge in [0.05, 0.1) is 7.11 Å². The van der Waals surface area contributed by atoms with E-state index in [0.29, 0.717) is 5.41 Å². The highest BCUT2D eigenvalue weighted by atomic mass is 16.5. The van der Waals surface area contributed by atoms with E-state index in [-0.39, 0.29) is 0 Å². The van der Waals surface area contributed by atoms with Gasteiger partial charge in [0.2, 0.25) is 0 Å². The van der Waals surface area contributed by atoms with Crippen molar-refractivity contribution in [1.29, 1.82) is 0 Å². The zero-order chi connectivity index (χ0) is 10.0. The fourth-order valence-electron chi connectivity index (χ4n) is 1.91. The van der Waals surface area contributed by atoms with Gasteiger partial charge in [-0.2, -0.15) is 0 Å². The van der Waals surface area contributed by atoms with Crippen LogP contribution < -0.4 is 10.1 Å². The summed E-state index contributed by atoms with van der Waals surface area (Å²) in [5, 5.41) is 3.32. The molecule has 0 aromatic heterocycles. The van der Waals surface area contributed by atoms with Crippen LogP contribution in [-0.4, -0.2) is 20.2 Å². The first-order valence-electron chi connectivity index (χ1n) is 5.06. The topological polar surface area (TPSA) is 21.3 Å². The predicted molar refractivity (Wildman–Crippen MR) is 57.7 cm³/mol. The Morgan fingerprint density at radius 1 is 1.29 bits per heavy atom. The zero-order valence-corrected chi connectivity index (χ0v) is 8.84. The zero-order valence-electron chi connectivity index (χ0n) is 8.84. The Labute approximate surface area is 85.3 Å². The number of nitrogens with one attached hydrogen (secondary N) is 1. The average molecular weight is 191 g/mol. The van der Waals surface area contributed by atoms with Gasteiger partial charge in [-0.05, 0) is 29.5 Å². The number of ether oxygens (including phenoxy) is 1. The van der Waals surface area contributed by atoms with E-state index in [0.717, 1.165) is 25.3 Å². The van der Waals surface area contributed by atoms with E-state index in [2.05, 4.69) is 24.4 Å². The fraction of sp³-hybridized carbons (Fsp3) is 0.500. The van der Waals surface area contributed by atoms with E-state index in [1.54, 1.807) is 7.11 Å². The third-order valence-electron chi connectivity index (χ3n) is 2.89. The lowest BCUT2D eigenvalue weighted by Crippen LogP contribution is -2.52. The van der Waals surface area contributed by atoms with Crippen molar-refractivity contribution in [2.24, 2.45) is 5.41 Å². The third kappa shape index (κ3) is 1.90. The molecule has 1 aromatic rings. The summed E-state index contributed by atoms with van der Waals surface area (Å²) in [4.78, 5) is 0. The van der Waals surface area contributed by atoms with Crippen LogP contribution in [-0.2, 0) is 6.42 Å². The molecule has 1 heterocycles. The normalized spacial score (nSPS) is 18.7. The van der Waals surface area contributed by atoms with Gasteiger partial charge in [0, 0.05) is 13.1 Å². The molecule has 0 aliphatic carbocycles. The molecule has 1 saturated heterocycles. The first kappa shape index (κ1) is 9.53. The second-order valence-corrected chi connectivity index (χ2v) is 4.44. The molecule has 1 fully saturated rings. The maximum absolute atomic E-state index is 5.13. The summed E-state index contributed by atoms with van der Waals surface area (Å²) < 4.78 is 5.13. The second-order valence-electron chi connectivity index (χ2n) is 4.44. The van der Waals surface area contributed by atoms with Crippen molar-refractivity contribution in [2.75, 3.05) is 20.2 Å². The van der Waals surface area contributed by atoms with Gasteiger partial charge in [-0.3, -0.25) is 0 Å². The minimum absolute atomic E-state index is 0.467. The van der Waals surface area contributed by atoms with Crippen LogP contribution in [0.1, 0.15) is 12.5 Å². The molecule has 0 atom stereocenters. The van der Waals surface area contributed by atoms with Gasteiger partial charge in [-0.1, -0.05) is 19.1 Å². The molecule has 2 nitrogen and oxygen atoms in total. The Morgan fingerprint density at radius 2 is 1.93 bits per heavy atom. The monoisotopic (exact) mass is 191 g/mol. The van der Waals surface area contributed by atoms with Crippen LogP contribution in [0, 0.1) is 5.41 Å². The van der Waals surface area contributed by atoms with Crippen molar-refractivity contribution >= 4 is 0 Å². The number of hydrogen-bond donors (Lipinski definition) is 1. The molecule has 0 amide bonds. The number of methoxy groups -OCH3 is 1. The van der Waals surface area contributed by atoms with Gasteiger partial charge in [0.15, 0.2) is 0 Å². The summed E-state index contributed by atoms with van der Waals surface area (Å²) >= 11 is 0. The Kier molecular flexibility index (Phi) is 2.46. The Bertz CT molecular complexity index is 301. The van der Waals surface area contributed by atoms with Crippen molar-refractivity contribution < 1.29 is 4.74 Å². The van der Waals surface area contributed by atoms with Gasteiger partial charge in [0.1, 0.15) is 5.75 Å². The molecule has 1 N–H and O–H groups in total. The average Bonchev–Trinajstić information content (AvgIpc) is 2.17. The maximum Gasteiger partial charge on any atom is 0.118 e. The molecule has 2 heteroatoms. The van der Waals surface area contributed by atoms with Crippen LogP contribution in [0.4, 0.5) is 0 Å². The quantitative estimate of drug-likeness (QED) is 0.787. The van der Waals surface area contributed by atoms with Gasteiger partial charge < -0.3 is 10.1 Å². The van der Waals surface area contributed by atoms with Crippen LogP contribution in [0.15, 0.2) is 24.3 Å². The summed E-state index contributed by atoms with van der Waals surface area (Å²) in [6.07, 6.45) is 1.16. The first-order chi connectivity index (χ1) is 6.72. The minimum atomic E-state index is 0.467.